The first-order valence-electron chi connectivity index (χ1n) is 6.11. The Hall–Kier alpha value is -2.99. The van der Waals surface area contributed by atoms with Crippen LogP contribution in [0.2, 0.25) is 0 Å². The van der Waals surface area contributed by atoms with Crippen molar-refractivity contribution >= 4 is 5.69 Å². The molecule has 0 aliphatic carbocycles. The van der Waals surface area contributed by atoms with Gasteiger partial charge in [0.1, 0.15) is 24.2 Å². The maximum atomic E-state index is 9.14. The van der Waals surface area contributed by atoms with Crippen LogP contribution in [0.4, 0.5) is 5.69 Å². The van der Waals surface area contributed by atoms with Crippen molar-refractivity contribution in [2.45, 2.75) is 13.3 Å². The number of nitrogens with zero attached hydrogens (tertiary/aromatic N) is 4. The molecule has 20 heavy (non-hydrogen) atoms. The molecule has 0 aliphatic heterocycles. The van der Waals surface area contributed by atoms with Crippen LogP contribution in [0.15, 0.2) is 24.5 Å². The normalized spacial score (nSPS) is 9.75. The Labute approximate surface area is 116 Å². The Morgan fingerprint density at radius 1 is 1.30 bits per heavy atom. The van der Waals surface area contributed by atoms with Crippen molar-refractivity contribution < 1.29 is 4.74 Å². The summed E-state index contributed by atoms with van der Waals surface area (Å²) in [6.07, 6.45) is 2.31. The Morgan fingerprint density at radius 3 is 2.75 bits per heavy atom. The number of imidazole rings is 1. The van der Waals surface area contributed by atoms with Gasteiger partial charge in [-0.25, -0.2) is 4.98 Å². The van der Waals surface area contributed by atoms with Gasteiger partial charge in [0.25, 0.3) is 0 Å². The van der Waals surface area contributed by atoms with E-state index in [1.54, 1.807) is 18.2 Å². The SMILES string of the molecule is CCCOc1cc(N)cc(-n2cnc(C#N)c2C#N)c1. The van der Waals surface area contributed by atoms with Crippen LogP contribution in [0, 0.1) is 22.7 Å². The molecule has 2 N–H and O–H groups in total. The molecule has 0 saturated carbocycles. The van der Waals surface area contributed by atoms with Gasteiger partial charge in [-0.1, -0.05) is 6.92 Å². The van der Waals surface area contributed by atoms with Gasteiger partial charge < -0.3 is 10.5 Å². The fourth-order valence-corrected chi connectivity index (χ4v) is 1.78. The largest absolute Gasteiger partial charge is 0.493 e. The molecular weight excluding hydrogens is 254 g/mol. The summed E-state index contributed by atoms with van der Waals surface area (Å²) >= 11 is 0. The predicted octanol–water partition coefficient (Wildman–Crippen LogP) is 1.99. The molecule has 0 bridgehead atoms. The zero-order valence-corrected chi connectivity index (χ0v) is 11.0. The monoisotopic (exact) mass is 267 g/mol. The maximum absolute atomic E-state index is 9.14. The van der Waals surface area contributed by atoms with Gasteiger partial charge in [0.15, 0.2) is 11.4 Å². The van der Waals surface area contributed by atoms with E-state index < -0.39 is 0 Å². The van der Waals surface area contributed by atoms with Gasteiger partial charge in [0.05, 0.1) is 12.3 Å². The Morgan fingerprint density at radius 2 is 2.10 bits per heavy atom. The summed E-state index contributed by atoms with van der Waals surface area (Å²) in [5.74, 6) is 0.623. The van der Waals surface area contributed by atoms with E-state index >= 15 is 0 Å². The highest BCUT2D eigenvalue weighted by atomic mass is 16.5. The van der Waals surface area contributed by atoms with Crippen LogP contribution < -0.4 is 10.5 Å². The number of ether oxygens (including phenoxy) is 1. The molecule has 0 radical (unpaired) electrons. The molecule has 0 saturated heterocycles. The second-order valence-electron chi connectivity index (χ2n) is 4.14. The number of anilines is 1. The first kappa shape index (κ1) is 13.4. The Bertz CT molecular complexity index is 705. The number of nitrogens with two attached hydrogens (primary N) is 1. The van der Waals surface area contributed by atoms with Crippen molar-refractivity contribution in [1.29, 1.82) is 10.5 Å². The summed E-state index contributed by atoms with van der Waals surface area (Å²) < 4.78 is 7.06. The van der Waals surface area contributed by atoms with Crippen LogP contribution in [0.25, 0.3) is 5.69 Å². The second-order valence-corrected chi connectivity index (χ2v) is 4.14. The quantitative estimate of drug-likeness (QED) is 0.853. The van der Waals surface area contributed by atoms with Gasteiger partial charge >= 0.3 is 0 Å². The molecule has 0 aliphatic rings. The van der Waals surface area contributed by atoms with Gasteiger partial charge in [-0.2, -0.15) is 10.5 Å². The first-order valence-corrected chi connectivity index (χ1v) is 6.11. The van der Waals surface area contributed by atoms with Crippen molar-refractivity contribution in [1.82, 2.24) is 9.55 Å². The number of aromatic nitrogens is 2. The fraction of sp³-hybridized carbons (Fsp3) is 0.214. The predicted molar refractivity (Wildman–Crippen MR) is 73.2 cm³/mol. The van der Waals surface area contributed by atoms with E-state index in [4.69, 9.17) is 21.0 Å². The smallest absolute Gasteiger partial charge is 0.177 e. The van der Waals surface area contributed by atoms with Crippen LogP contribution >= 0.6 is 0 Å². The van der Waals surface area contributed by atoms with Crippen LogP contribution in [0.1, 0.15) is 24.7 Å². The standard InChI is InChI=1S/C14H13N5O/c1-2-3-20-12-5-10(17)4-11(6-12)19-9-18-13(7-15)14(19)8-16/h4-6,9H,2-3,17H2,1H3. The van der Waals surface area contributed by atoms with Crippen LogP contribution in [-0.2, 0) is 0 Å². The number of nitriles is 2. The van der Waals surface area contributed by atoms with Gasteiger partial charge in [-0.3, -0.25) is 4.57 Å². The van der Waals surface area contributed by atoms with E-state index in [9.17, 15) is 0 Å². The van der Waals surface area contributed by atoms with E-state index in [-0.39, 0.29) is 11.4 Å². The van der Waals surface area contributed by atoms with Gasteiger partial charge in [0, 0.05) is 17.8 Å². The highest BCUT2D eigenvalue weighted by Gasteiger charge is 2.12. The molecule has 6 heteroatoms. The number of hydrogen-bond donors (Lipinski definition) is 1. The summed E-state index contributed by atoms with van der Waals surface area (Å²) in [5, 5.41) is 18.0. The van der Waals surface area contributed by atoms with Crippen LogP contribution in [0.5, 0.6) is 5.75 Å². The van der Waals surface area contributed by atoms with Crippen LogP contribution in [-0.4, -0.2) is 16.2 Å². The minimum absolute atomic E-state index is 0.0888. The van der Waals surface area contributed by atoms with Gasteiger partial charge in [-0.05, 0) is 12.5 Å². The first-order chi connectivity index (χ1) is 9.69. The summed E-state index contributed by atoms with van der Waals surface area (Å²) in [6, 6.07) is 9.03. The molecule has 2 rings (SSSR count). The number of rotatable bonds is 4. The zero-order chi connectivity index (χ0) is 14.5. The van der Waals surface area contributed by atoms with E-state index in [2.05, 4.69) is 4.98 Å². The van der Waals surface area contributed by atoms with Crippen molar-refractivity contribution in [3.63, 3.8) is 0 Å². The lowest BCUT2D eigenvalue weighted by Gasteiger charge is -2.10. The topological polar surface area (TPSA) is 101 Å². The molecule has 1 aromatic heterocycles. The molecule has 0 atom stereocenters. The van der Waals surface area contributed by atoms with Crippen LogP contribution in [0.3, 0.4) is 0 Å². The summed E-state index contributed by atoms with van der Waals surface area (Å²) in [7, 11) is 0. The lowest BCUT2D eigenvalue weighted by molar-refractivity contribution is 0.317. The molecule has 0 fully saturated rings. The van der Waals surface area contributed by atoms with Crippen molar-refractivity contribution in [2.75, 3.05) is 12.3 Å². The molecule has 1 heterocycles. The molecule has 0 amide bonds. The summed E-state index contributed by atoms with van der Waals surface area (Å²) in [5.41, 5.74) is 7.27. The second kappa shape index (κ2) is 5.77. The summed E-state index contributed by atoms with van der Waals surface area (Å²) in [6.45, 7) is 2.59. The van der Waals surface area contributed by atoms with E-state index in [0.717, 1.165) is 6.42 Å². The zero-order valence-electron chi connectivity index (χ0n) is 11.0. The highest BCUT2D eigenvalue weighted by Crippen LogP contribution is 2.23. The third-order valence-electron chi connectivity index (χ3n) is 2.64. The number of nitrogen functional groups attached to an aromatic ring is 1. The molecular formula is C14H13N5O. The lowest BCUT2D eigenvalue weighted by atomic mass is 10.2. The Balaban J connectivity index is 2.48. The molecule has 100 valence electrons. The minimum Gasteiger partial charge on any atom is -0.493 e. The average molecular weight is 267 g/mol. The molecule has 0 spiro atoms. The summed E-state index contributed by atoms with van der Waals surface area (Å²) in [4.78, 5) is 3.90. The van der Waals surface area contributed by atoms with E-state index in [1.807, 2.05) is 19.1 Å². The lowest BCUT2D eigenvalue weighted by Crippen LogP contribution is -2.01. The Kier molecular flexibility index (Phi) is 3.88. The molecule has 6 nitrogen and oxygen atoms in total. The number of benzene rings is 1. The molecule has 0 unspecified atom stereocenters. The third kappa shape index (κ3) is 2.55. The van der Waals surface area contributed by atoms with Crippen molar-refractivity contribution in [2.24, 2.45) is 0 Å². The third-order valence-corrected chi connectivity index (χ3v) is 2.64. The fourth-order valence-electron chi connectivity index (χ4n) is 1.78. The molecule has 2 aromatic rings. The van der Waals surface area contributed by atoms with Gasteiger partial charge in [-0.15, -0.1) is 0 Å². The van der Waals surface area contributed by atoms with Gasteiger partial charge in [0.2, 0.25) is 0 Å². The van der Waals surface area contributed by atoms with E-state index in [1.165, 1.54) is 10.9 Å². The van der Waals surface area contributed by atoms with E-state index in [0.29, 0.717) is 23.7 Å². The van der Waals surface area contributed by atoms with Crippen molar-refractivity contribution in [3.05, 3.63) is 35.9 Å². The minimum atomic E-state index is 0.0888. The number of hydrogen-bond acceptors (Lipinski definition) is 5. The maximum Gasteiger partial charge on any atom is 0.177 e. The van der Waals surface area contributed by atoms with Crippen molar-refractivity contribution in [3.8, 4) is 23.6 Å². The highest BCUT2D eigenvalue weighted by molar-refractivity contribution is 5.55. The molecule has 1 aromatic carbocycles. The average Bonchev–Trinajstić information content (AvgIpc) is 2.87.